The maximum Gasteiger partial charge on any atom is 0.253 e. The summed E-state index contributed by atoms with van der Waals surface area (Å²) in [5.74, 6) is -0.0446. The van der Waals surface area contributed by atoms with Gasteiger partial charge < -0.3 is 10.5 Å². The molecule has 0 aromatic heterocycles. The molecule has 84 valence electrons. The van der Waals surface area contributed by atoms with Gasteiger partial charge in [0.05, 0.1) is 24.4 Å². The Balaban J connectivity index is 2.21. The van der Waals surface area contributed by atoms with Crippen LogP contribution in [-0.4, -0.2) is 25.3 Å². The molecule has 0 fully saturated rings. The van der Waals surface area contributed by atoms with Gasteiger partial charge in [0.1, 0.15) is 0 Å². The average molecular weight is 219 g/mol. The van der Waals surface area contributed by atoms with E-state index in [1.54, 1.807) is 31.4 Å². The second-order valence-corrected chi connectivity index (χ2v) is 3.57. The van der Waals surface area contributed by atoms with E-state index in [0.717, 1.165) is 11.4 Å². The first kappa shape index (κ1) is 10.6. The second kappa shape index (κ2) is 4.32. The van der Waals surface area contributed by atoms with Crippen molar-refractivity contribution in [2.24, 2.45) is 5.10 Å². The monoisotopic (exact) mass is 219 g/mol. The molecule has 1 aliphatic rings. The number of carbonyl (C=O) groups excluding carboxylic acids is 1. The number of rotatable bonds is 3. The normalized spacial score (nSPS) is 15.4. The Morgan fingerprint density at radius 1 is 1.44 bits per heavy atom. The molecule has 1 heterocycles. The summed E-state index contributed by atoms with van der Waals surface area (Å²) >= 11 is 0. The number of hydrogen-bond donors (Lipinski definition) is 1. The lowest BCUT2D eigenvalue weighted by Gasteiger charge is -2.11. The lowest BCUT2D eigenvalue weighted by molar-refractivity contribution is -0.116. The van der Waals surface area contributed by atoms with E-state index in [4.69, 9.17) is 10.5 Å². The van der Waals surface area contributed by atoms with Gasteiger partial charge in [-0.1, -0.05) is 0 Å². The van der Waals surface area contributed by atoms with Gasteiger partial charge in [-0.2, -0.15) is 5.10 Å². The molecule has 5 nitrogen and oxygen atoms in total. The molecule has 1 aromatic carbocycles. The molecule has 0 spiro atoms. The van der Waals surface area contributed by atoms with Crippen molar-refractivity contribution in [1.82, 2.24) is 0 Å². The van der Waals surface area contributed by atoms with E-state index in [1.165, 1.54) is 5.01 Å². The first-order valence-corrected chi connectivity index (χ1v) is 4.94. The zero-order valence-electron chi connectivity index (χ0n) is 9.01. The highest BCUT2D eigenvalue weighted by Gasteiger charge is 2.24. The van der Waals surface area contributed by atoms with Gasteiger partial charge in [-0.25, -0.2) is 5.01 Å². The van der Waals surface area contributed by atoms with E-state index in [2.05, 4.69) is 5.10 Å². The number of nitrogen functional groups attached to an aromatic ring is 1. The Hall–Kier alpha value is -1.88. The minimum absolute atomic E-state index is 0.0446. The fraction of sp³-hybridized carbons (Fsp3) is 0.273. The molecule has 0 radical (unpaired) electrons. The third-order valence-corrected chi connectivity index (χ3v) is 2.28. The highest BCUT2D eigenvalue weighted by atomic mass is 16.5. The van der Waals surface area contributed by atoms with Crippen LogP contribution in [-0.2, 0) is 9.53 Å². The van der Waals surface area contributed by atoms with Crippen molar-refractivity contribution in [2.75, 3.05) is 24.5 Å². The van der Waals surface area contributed by atoms with Crippen LogP contribution in [0, 0.1) is 0 Å². The zero-order chi connectivity index (χ0) is 11.5. The van der Waals surface area contributed by atoms with Crippen LogP contribution < -0.4 is 10.7 Å². The van der Waals surface area contributed by atoms with Gasteiger partial charge in [0.15, 0.2) is 0 Å². The van der Waals surface area contributed by atoms with Crippen molar-refractivity contribution in [2.45, 2.75) is 6.42 Å². The molecule has 0 atom stereocenters. The van der Waals surface area contributed by atoms with E-state index >= 15 is 0 Å². The molecule has 5 heteroatoms. The molecular formula is C11H13N3O2. The number of nitrogens with two attached hydrogens (primary N) is 1. The highest BCUT2D eigenvalue weighted by molar-refractivity contribution is 6.13. The third kappa shape index (κ3) is 2.04. The third-order valence-electron chi connectivity index (χ3n) is 2.28. The average Bonchev–Trinajstić information content (AvgIpc) is 2.61. The van der Waals surface area contributed by atoms with Gasteiger partial charge in [0.25, 0.3) is 5.91 Å². The number of ether oxygens (including phenoxy) is 1. The van der Waals surface area contributed by atoms with Crippen molar-refractivity contribution in [3.05, 3.63) is 24.3 Å². The molecule has 16 heavy (non-hydrogen) atoms. The standard InChI is InChI=1S/C11H13N3O2/c1-16-7-9-6-11(15)14(13-9)10-4-2-8(12)3-5-10/h2-5H,6-7,12H2,1H3. The number of benzene rings is 1. The fourth-order valence-electron chi connectivity index (χ4n) is 1.55. The van der Waals surface area contributed by atoms with Crippen LogP contribution >= 0.6 is 0 Å². The Bertz CT molecular complexity index is 425. The van der Waals surface area contributed by atoms with Crippen LogP contribution in [0.5, 0.6) is 0 Å². The maximum absolute atomic E-state index is 11.7. The summed E-state index contributed by atoms with van der Waals surface area (Å²) < 4.78 is 4.95. The van der Waals surface area contributed by atoms with Crippen LogP contribution in [0.2, 0.25) is 0 Å². The van der Waals surface area contributed by atoms with Gasteiger partial charge in [-0.3, -0.25) is 4.79 Å². The summed E-state index contributed by atoms with van der Waals surface area (Å²) in [6, 6.07) is 7.03. The van der Waals surface area contributed by atoms with Gasteiger partial charge in [0.2, 0.25) is 0 Å². The molecule has 0 saturated carbocycles. The van der Waals surface area contributed by atoms with E-state index < -0.39 is 0 Å². The van der Waals surface area contributed by atoms with Gasteiger partial charge >= 0.3 is 0 Å². The summed E-state index contributed by atoms with van der Waals surface area (Å²) in [5, 5.41) is 5.58. The molecule has 0 aliphatic carbocycles. The number of hydrazone groups is 1. The topological polar surface area (TPSA) is 67.9 Å². The van der Waals surface area contributed by atoms with E-state index in [-0.39, 0.29) is 5.91 Å². The van der Waals surface area contributed by atoms with Crippen molar-refractivity contribution in [1.29, 1.82) is 0 Å². The highest BCUT2D eigenvalue weighted by Crippen LogP contribution is 2.21. The van der Waals surface area contributed by atoms with Gasteiger partial charge in [-0.05, 0) is 24.3 Å². The van der Waals surface area contributed by atoms with Gasteiger partial charge in [-0.15, -0.1) is 0 Å². The van der Waals surface area contributed by atoms with Crippen LogP contribution in [0.25, 0.3) is 0 Å². The smallest absolute Gasteiger partial charge is 0.253 e. The van der Waals surface area contributed by atoms with Crippen molar-refractivity contribution in [3.63, 3.8) is 0 Å². The number of amides is 1. The molecule has 2 rings (SSSR count). The predicted molar refractivity (Wildman–Crippen MR) is 62.3 cm³/mol. The number of nitrogens with zero attached hydrogens (tertiary/aromatic N) is 2. The van der Waals surface area contributed by atoms with Crippen LogP contribution in [0.4, 0.5) is 11.4 Å². The lowest BCUT2D eigenvalue weighted by atomic mass is 10.2. The number of anilines is 2. The quantitative estimate of drug-likeness (QED) is 0.771. The maximum atomic E-state index is 11.7. The summed E-state index contributed by atoms with van der Waals surface area (Å²) in [7, 11) is 1.58. The molecule has 1 aromatic rings. The first-order chi connectivity index (χ1) is 7.70. The van der Waals surface area contributed by atoms with Crippen LogP contribution in [0.3, 0.4) is 0 Å². The lowest BCUT2D eigenvalue weighted by Crippen LogP contribution is -2.19. The summed E-state index contributed by atoms with van der Waals surface area (Å²) in [6.45, 7) is 0.386. The Kier molecular flexibility index (Phi) is 2.87. The summed E-state index contributed by atoms with van der Waals surface area (Å²) in [6.07, 6.45) is 0.318. The molecule has 0 bridgehead atoms. The number of carbonyl (C=O) groups is 1. The molecule has 0 unspecified atom stereocenters. The molecule has 1 amide bonds. The first-order valence-electron chi connectivity index (χ1n) is 4.94. The van der Waals surface area contributed by atoms with Crippen molar-refractivity contribution < 1.29 is 9.53 Å². The SMILES string of the molecule is COCC1=NN(c2ccc(N)cc2)C(=O)C1. The van der Waals surface area contributed by atoms with E-state index in [9.17, 15) is 4.79 Å². The van der Waals surface area contributed by atoms with Crippen molar-refractivity contribution in [3.8, 4) is 0 Å². The minimum Gasteiger partial charge on any atom is -0.399 e. The second-order valence-electron chi connectivity index (χ2n) is 3.57. The summed E-state index contributed by atoms with van der Waals surface area (Å²) in [4.78, 5) is 11.7. The Morgan fingerprint density at radius 2 is 2.12 bits per heavy atom. The Labute approximate surface area is 93.5 Å². The largest absolute Gasteiger partial charge is 0.399 e. The minimum atomic E-state index is -0.0446. The predicted octanol–water partition coefficient (Wildman–Crippen LogP) is 1.01. The zero-order valence-corrected chi connectivity index (χ0v) is 9.01. The van der Waals surface area contributed by atoms with E-state index in [0.29, 0.717) is 18.7 Å². The van der Waals surface area contributed by atoms with Crippen LogP contribution in [0.15, 0.2) is 29.4 Å². The number of hydrogen-bond acceptors (Lipinski definition) is 4. The molecular weight excluding hydrogens is 206 g/mol. The van der Waals surface area contributed by atoms with Crippen molar-refractivity contribution >= 4 is 23.0 Å². The molecule has 0 saturated heterocycles. The Morgan fingerprint density at radius 3 is 2.75 bits per heavy atom. The molecule has 2 N–H and O–H groups in total. The number of methoxy groups -OCH3 is 1. The van der Waals surface area contributed by atoms with Crippen LogP contribution in [0.1, 0.15) is 6.42 Å². The fourth-order valence-corrected chi connectivity index (χ4v) is 1.55. The summed E-state index contributed by atoms with van der Waals surface area (Å²) in [5.41, 5.74) is 7.71. The van der Waals surface area contributed by atoms with Gasteiger partial charge in [0, 0.05) is 12.8 Å². The van der Waals surface area contributed by atoms with E-state index in [1.807, 2.05) is 0 Å². The molecule has 1 aliphatic heterocycles.